The van der Waals surface area contributed by atoms with Crippen molar-refractivity contribution >= 4 is 22.4 Å². The Morgan fingerprint density at radius 3 is 2.83 bits per heavy atom. The zero-order chi connectivity index (χ0) is 13.1. The molecule has 0 aromatic carbocycles. The van der Waals surface area contributed by atoms with Gasteiger partial charge in [0.15, 0.2) is 5.13 Å². The van der Waals surface area contributed by atoms with Gasteiger partial charge in [-0.05, 0) is 13.8 Å². The minimum atomic E-state index is -0.0792. The fourth-order valence-electron chi connectivity index (χ4n) is 2.23. The molecule has 0 aliphatic carbocycles. The van der Waals surface area contributed by atoms with Crippen LogP contribution in [0.3, 0.4) is 0 Å². The molecule has 2 heterocycles. The van der Waals surface area contributed by atoms with E-state index >= 15 is 0 Å². The number of carbonyl (C=O) groups is 1. The van der Waals surface area contributed by atoms with Crippen LogP contribution in [0.15, 0.2) is 5.38 Å². The average molecular weight is 269 g/mol. The molecule has 0 unspecified atom stereocenters. The lowest BCUT2D eigenvalue weighted by Crippen LogP contribution is -2.44. The molecule has 0 radical (unpaired) electrons. The Bertz CT molecular complexity index is 411. The number of nitrogens with one attached hydrogen (secondary N) is 1. The number of amides is 1. The summed E-state index contributed by atoms with van der Waals surface area (Å²) in [5.74, 6) is -0.0792. The Balaban J connectivity index is 1.92. The maximum atomic E-state index is 10.9. The molecular formula is C12H19N3O2S. The number of carbonyl (C=O) groups excluding carboxylic acids is 1. The molecule has 1 N–H and O–H groups in total. The van der Waals surface area contributed by atoms with E-state index in [1.54, 1.807) is 0 Å². The maximum Gasteiger partial charge on any atom is 0.223 e. The molecule has 1 aromatic heterocycles. The number of anilines is 1. The zero-order valence-corrected chi connectivity index (χ0v) is 11.8. The van der Waals surface area contributed by atoms with Crippen LogP contribution in [0.4, 0.5) is 5.13 Å². The van der Waals surface area contributed by atoms with Gasteiger partial charge in [-0.1, -0.05) is 0 Å². The van der Waals surface area contributed by atoms with Gasteiger partial charge < -0.3 is 10.1 Å². The number of nitrogens with zero attached hydrogens (tertiary/aromatic N) is 2. The van der Waals surface area contributed by atoms with Gasteiger partial charge in [-0.25, -0.2) is 4.98 Å². The maximum absolute atomic E-state index is 10.9. The molecule has 1 aliphatic heterocycles. The third kappa shape index (κ3) is 3.76. The van der Waals surface area contributed by atoms with Crippen molar-refractivity contribution in [2.75, 3.05) is 18.4 Å². The summed E-state index contributed by atoms with van der Waals surface area (Å²) in [6.07, 6.45) is 0.532. The van der Waals surface area contributed by atoms with Crippen LogP contribution in [0.25, 0.3) is 0 Å². The fourth-order valence-corrected chi connectivity index (χ4v) is 2.98. The van der Waals surface area contributed by atoms with E-state index in [1.165, 1.54) is 18.3 Å². The first-order valence-electron chi connectivity index (χ1n) is 6.12. The van der Waals surface area contributed by atoms with Crippen LogP contribution >= 0.6 is 11.3 Å². The van der Waals surface area contributed by atoms with Crippen molar-refractivity contribution in [3.05, 3.63) is 11.1 Å². The van der Waals surface area contributed by atoms with Crippen molar-refractivity contribution in [3.63, 3.8) is 0 Å². The Morgan fingerprint density at radius 1 is 1.56 bits per heavy atom. The predicted octanol–water partition coefficient (Wildman–Crippen LogP) is 1.71. The smallest absolute Gasteiger partial charge is 0.223 e. The van der Waals surface area contributed by atoms with Crippen LogP contribution in [-0.2, 0) is 16.1 Å². The molecule has 1 aromatic rings. The largest absolute Gasteiger partial charge is 0.373 e. The molecule has 0 saturated carbocycles. The second-order valence-corrected chi connectivity index (χ2v) is 5.63. The Hall–Kier alpha value is -0.980. The summed E-state index contributed by atoms with van der Waals surface area (Å²) in [4.78, 5) is 17.7. The van der Waals surface area contributed by atoms with Crippen molar-refractivity contribution in [2.24, 2.45) is 0 Å². The number of aromatic nitrogens is 1. The van der Waals surface area contributed by atoms with E-state index in [1.807, 2.05) is 5.38 Å². The van der Waals surface area contributed by atoms with Crippen molar-refractivity contribution < 1.29 is 9.53 Å². The molecule has 2 rings (SSSR count). The van der Waals surface area contributed by atoms with Gasteiger partial charge in [-0.3, -0.25) is 9.69 Å². The number of hydrogen-bond donors (Lipinski definition) is 1. The molecule has 1 saturated heterocycles. The first-order valence-corrected chi connectivity index (χ1v) is 7.00. The monoisotopic (exact) mass is 269 g/mol. The quantitative estimate of drug-likeness (QED) is 0.907. The number of ether oxygens (including phenoxy) is 1. The lowest BCUT2D eigenvalue weighted by atomic mass is 10.2. The van der Waals surface area contributed by atoms with E-state index < -0.39 is 0 Å². The van der Waals surface area contributed by atoms with E-state index in [0.717, 1.165) is 25.3 Å². The molecule has 0 bridgehead atoms. The van der Waals surface area contributed by atoms with Crippen molar-refractivity contribution in [1.29, 1.82) is 0 Å². The second-order valence-electron chi connectivity index (χ2n) is 4.78. The van der Waals surface area contributed by atoms with Crippen LogP contribution in [0.5, 0.6) is 0 Å². The Morgan fingerprint density at radius 2 is 2.22 bits per heavy atom. The summed E-state index contributed by atoms with van der Waals surface area (Å²) < 4.78 is 5.70. The minimum absolute atomic E-state index is 0.0792. The number of thiazole rings is 1. The van der Waals surface area contributed by atoms with E-state index in [-0.39, 0.29) is 18.1 Å². The second kappa shape index (κ2) is 5.77. The predicted molar refractivity (Wildman–Crippen MR) is 71.7 cm³/mol. The Labute approximate surface area is 111 Å². The standard InChI is InChI=1S/C12H19N3O2S/c1-8-4-15(5-9(2)17-8)6-11-7-18-12(14-11)13-10(3)16/h7-9H,4-6H2,1-3H3,(H,13,14,16)/t8-,9+. The summed E-state index contributed by atoms with van der Waals surface area (Å²) in [5, 5.41) is 5.37. The van der Waals surface area contributed by atoms with Crippen LogP contribution in [0, 0.1) is 0 Å². The molecule has 5 nitrogen and oxygen atoms in total. The van der Waals surface area contributed by atoms with E-state index in [9.17, 15) is 4.79 Å². The van der Waals surface area contributed by atoms with E-state index in [0.29, 0.717) is 5.13 Å². The number of hydrogen-bond acceptors (Lipinski definition) is 5. The minimum Gasteiger partial charge on any atom is -0.373 e. The summed E-state index contributed by atoms with van der Waals surface area (Å²) in [6, 6.07) is 0. The molecule has 18 heavy (non-hydrogen) atoms. The summed E-state index contributed by atoms with van der Waals surface area (Å²) in [6.45, 7) is 8.34. The van der Waals surface area contributed by atoms with Crippen LogP contribution in [0.2, 0.25) is 0 Å². The van der Waals surface area contributed by atoms with Gasteiger partial charge >= 0.3 is 0 Å². The van der Waals surface area contributed by atoms with Gasteiger partial charge in [-0.2, -0.15) is 0 Å². The lowest BCUT2D eigenvalue weighted by molar-refractivity contribution is -0.114. The summed E-state index contributed by atoms with van der Waals surface area (Å²) in [5.41, 5.74) is 1.00. The van der Waals surface area contributed by atoms with Gasteiger partial charge in [0.25, 0.3) is 0 Å². The van der Waals surface area contributed by atoms with Gasteiger partial charge in [0.05, 0.1) is 17.9 Å². The lowest BCUT2D eigenvalue weighted by Gasteiger charge is -2.34. The highest BCUT2D eigenvalue weighted by molar-refractivity contribution is 7.13. The summed E-state index contributed by atoms with van der Waals surface area (Å²) in [7, 11) is 0. The topological polar surface area (TPSA) is 54.5 Å². The summed E-state index contributed by atoms with van der Waals surface area (Å²) >= 11 is 1.47. The normalized spacial score (nSPS) is 25.1. The van der Waals surface area contributed by atoms with Crippen LogP contribution in [0.1, 0.15) is 26.5 Å². The number of morpholine rings is 1. The fraction of sp³-hybridized carbons (Fsp3) is 0.667. The molecule has 100 valence electrons. The van der Waals surface area contributed by atoms with Crippen LogP contribution in [-0.4, -0.2) is 41.1 Å². The highest BCUT2D eigenvalue weighted by Crippen LogP contribution is 2.19. The average Bonchev–Trinajstić information content (AvgIpc) is 2.62. The van der Waals surface area contributed by atoms with E-state index in [2.05, 4.69) is 29.0 Å². The SMILES string of the molecule is CC(=O)Nc1nc(CN2C[C@@H](C)O[C@@H](C)C2)cs1. The molecule has 1 fully saturated rings. The zero-order valence-electron chi connectivity index (χ0n) is 11.0. The molecular weight excluding hydrogens is 250 g/mol. The third-order valence-electron chi connectivity index (χ3n) is 2.72. The molecule has 1 amide bonds. The molecule has 0 spiro atoms. The van der Waals surface area contributed by atoms with Crippen LogP contribution < -0.4 is 5.32 Å². The van der Waals surface area contributed by atoms with Crippen molar-refractivity contribution in [2.45, 2.75) is 39.5 Å². The van der Waals surface area contributed by atoms with Gasteiger partial charge in [0.1, 0.15) is 0 Å². The molecule has 6 heteroatoms. The van der Waals surface area contributed by atoms with Gasteiger partial charge in [0.2, 0.25) is 5.91 Å². The highest BCUT2D eigenvalue weighted by Gasteiger charge is 2.22. The molecule has 1 aliphatic rings. The highest BCUT2D eigenvalue weighted by atomic mass is 32.1. The van der Waals surface area contributed by atoms with Gasteiger partial charge in [-0.15, -0.1) is 11.3 Å². The molecule has 2 atom stereocenters. The van der Waals surface area contributed by atoms with Gasteiger partial charge in [0, 0.05) is 31.9 Å². The Kier molecular flexibility index (Phi) is 4.31. The van der Waals surface area contributed by atoms with E-state index in [4.69, 9.17) is 4.74 Å². The number of rotatable bonds is 3. The van der Waals surface area contributed by atoms with Crippen molar-refractivity contribution in [3.8, 4) is 0 Å². The first kappa shape index (κ1) is 13.5. The first-order chi connectivity index (χ1) is 8.52. The van der Waals surface area contributed by atoms with Crippen molar-refractivity contribution in [1.82, 2.24) is 9.88 Å². The third-order valence-corrected chi connectivity index (χ3v) is 3.52.